The molecule has 0 radical (unpaired) electrons. The Morgan fingerprint density at radius 1 is 1.50 bits per heavy atom. The average molecular weight is 318 g/mol. The van der Waals surface area contributed by atoms with Gasteiger partial charge in [0.1, 0.15) is 0 Å². The Labute approximate surface area is 114 Å². The van der Waals surface area contributed by atoms with E-state index in [0.717, 1.165) is 5.56 Å². The third kappa shape index (κ3) is 4.38. The lowest BCUT2D eigenvalue weighted by molar-refractivity contribution is 0.00253. The maximum Gasteiger partial charge on any atom is 0.335 e. The van der Waals surface area contributed by atoms with Gasteiger partial charge in [0.25, 0.3) is 0 Å². The van der Waals surface area contributed by atoms with Crippen molar-refractivity contribution in [2.45, 2.75) is 19.1 Å². The molecule has 100 valence electrons. The third-order valence-electron chi connectivity index (χ3n) is 2.46. The van der Waals surface area contributed by atoms with Crippen molar-refractivity contribution in [3.63, 3.8) is 0 Å². The van der Waals surface area contributed by atoms with Crippen LogP contribution in [0.5, 0.6) is 0 Å². The number of nitrogens with one attached hydrogen (secondary N) is 1. The molecular weight excluding hydrogens is 302 g/mol. The van der Waals surface area contributed by atoms with E-state index in [1.165, 1.54) is 19.1 Å². The highest BCUT2D eigenvalue weighted by atomic mass is 79.9. The monoisotopic (exact) mass is 317 g/mol. The van der Waals surface area contributed by atoms with E-state index in [0.29, 0.717) is 11.0 Å². The summed E-state index contributed by atoms with van der Waals surface area (Å²) in [5.74, 6) is -0.974. The van der Waals surface area contributed by atoms with Crippen molar-refractivity contribution in [2.24, 2.45) is 0 Å². The lowest BCUT2D eigenvalue weighted by atomic mass is 10.1. The zero-order valence-electron chi connectivity index (χ0n) is 9.98. The fourth-order valence-corrected chi connectivity index (χ4v) is 1.87. The molecule has 6 heteroatoms. The van der Waals surface area contributed by atoms with E-state index < -0.39 is 11.6 Å². The van der Waals surface area contributed by atoms with Gasteiger partial charge in [-0.3, -0.25) is 0 Å². The number of carboxylic acids is 1. The summed E-state index contributed by atoms with van der Waals surface area (Å²) in [5, 5.41) is 30.3. The maximum absolute atomic E-state index is 10.8. The molecular formula is C12H16BrNO4. The predicted octanol–water partition coefficient (Wildman–Crippen LogP) is 0.980. The molecule has 1 aromatic rings. The number of hydrogen-bond acceptors (Lipinski definition) is 4. The van der Waals surface area contributed by atoms with E-state index in [1.807, 2.05) is 0 Å². The van der Waals surface area contributed by atoms with Crippen LogP contribution in [0.4, 0.5) is 0 Å². The van der Waals surface area contributed by atoms with Crippen LogP contribution in [0.1, 0.15) is 22.8 Å². The SMILES string of the molecule is CC(O)(CO)CNCc1ccc(C(=O)O)cc1Br. The number of aromatic carboxylic acids is 1. The van der Waals surface area contributed by atoms with Gasteiger partial charge in [-0.05, 0) is 24.6 Å². The first-order valence-corrected chi connectivity index (χ1v) is 6.21. The van der Waals surface area contributed by atoms with Gasteiger partial charge in [-0.1, -0.05) is 22.0 Å². The van der Waals surface area contributed by atoms with Crippen molar-refractivity contribution >= 4 is 21.9 Å². The highest BCUT2D eigenvalue weighted by Crippen LogP contribution is 2.18. The molecule has 0 aliphatic heterocycles. The van der Waals surface area contributed by atoms with Gasteiger partial charge in [0, 0.05) is 17.6 Å². The van der Waals surface area contributed by atoms with E-state index in [4.69, 9.17) is 10.2 Å². The highest BCUT2D eigenvalue weighted by Gasteiger charge is 2.18. The van der Waals surface area contributed by atoms with Crippen LogP contribution in [-0.2, 0) is 6.54 Å². The Kier molecular flexibility index (Phi) is 5.28. The molecule has 0 fully saturated rings. The largest absolute Gasteiger partial charge is 0.478 e. The van der Waals surface area contributed by atoms with Crippen LogP contribution in [0.2, 0.25) is 0 Å². The maximum atomic E-state index is 10.8. The van der Waals surface area contributed by atoms with Crippen LogP contribution in [0.3, 0.4) is 0 Å². The lowest BCUT2D eigenvalue weighted by Gasteiger charge is -2.20. The summed E-state index contributed by atoms with van der Waals surface area (Å²) in [6.07, 6.45) is 0. The summed E-state index contributed by atoms with van der Waals surface area (Å²) in [5.41, 5.74) is -0.0604. The number of hydrogen-bond donors (Lipinski definition) is 4. The van der Waals surface area contributed by atoms with Crippen molar-refractivity contribution in [3.05, 3.63) is 33.8 Å². The molecule has 18 heavy (non-hydrogen) atoms. The van der Waals surface area contributed by atoms with Crippen LogP contribution in [0.15, 0.2) is 22.7 Å². The number of halogens is 1. The van der Waals surface area contributed by atoms with E-state index >= 15 is 0 Å². The molecule has 4 N–H and O–H groups in total. The van der Waals surface area contributed by atoms with Crippen molar-refractivity contribution in [2.75, 3.05) is 13.2 Å². The van der Waals surface area contributed by atoms with Crippen molar-refractivity contribution in [1.29, 1.82) is 0 Å². The highest BCUT2D eigenvalue weighted by molar-refractivity contribution is 9.10. The molecule has 1 aromatic carbocycles. The Bertz CT molecular complexity index is 434. The molecule has 0 aliphatic carbocycles. The van der Waals surface area contributed by atoms with Gasteiger partial charge >= 0.3 is 5.97 Å². The van der Waals surface area contributed by atoms with Crippen LogP contribution < -0.4 is 5.32 Å². The predicted molar refractivity (Wildman–Crippen MR) is 70.5 cm³/mol. The van der Waals surface area contributed by atoms with E-state index in [9.17, 15) is 9.90 Å². The van der Waals surface area contributed by atoms with Crippen molar-refractivity contribution in [3.8, 4) is 0 Å². The molecule has 0 aromatic heterocycles. The Balaban J connectivity index is 2.61. The van der Waals surface area contributed by atoms with Gasteiger partial charge in [-0.25, -0.2) is 4.79 Å². The van der Waals surface area contributed by atoms with Gasteiger partial charge in [0.05, 0.1) is 17.8 Å². The molecule has 0 saturated carbocycles. The molecule has 0 spiro atoms. The molecule has 0 amide bonds. The first-order valence-electron chi connectivity index (χ1n) is 5.41. The summed E-state index contributed by atoms with van der Waals surface area (Å²) in [4.78, 5) is 10.8. The second kappa shape index (κ2) is 6.29. The number of benzene rings is 1. The molecule has 0 saturated heterocycles. The van der Waals surface area contributed by atoms with E-state index in [1.54, 1.807) is 6.07 Å². The van der Waals surface area contributed by atoms with Gasteiger partial charge < -0.3 is 20.6 Å². The van der Waals surface area contributed by atoms with Crippen LogP contribution in [-0.4, -0.2) is 40.0 Å². The fraction of sp³-hybridized carbons (Fsp3) is 0.417. The lowest BCUT2D eigenvalue weighted by Crippen LogP contribution is -2.40. The first-order chi connectivity index (χ1) is 8.35. The summed E-state index contributed by atoms with van der Waals surface area (Å²) < 4.78 is 0.693. The molecule has 1 unspecified atom stereocenters. The zero-order valence-corrected chi connectivity index (χ0v) is 11.6. The smallest absolute Gasteiger partial charge is 0.335 e. The number of aliphatic hydroxyl groups is 2. The number of carboxylic acid groups (broad SMARTS) is 1. The summed E-state index contributed by atoms with van der Waals surface area (Å²) >= 11 is 3.30. The zero-order chi connectivity index (χ0) is 13.8. The van der Waals surface area contributed by atoms with Crippen LogP contribution in [0, 0.1) is 0 Å². The van der Waals surface area contributed by atoms with Gasteiger partial charge in [-0.2, -0.15) is 0 Å². The number of aliphatic hydroxyl groups excluding tert-OH is 1. The second-order valence-electron chi connectivity index (χ2n) is 4.37. The minimum absolute atomic E-state index is 0.216. The van der Waals surface area contributed by atoms with E-state index in [-0.39, 0.29) is 18.7 Å². The molecule has 0 heterocycles. The number of carbonyl (C=O) groups is 1. The van der Waals surface area contributed by atoms with Crippen molar-refractivity contribution < 1.29 is 20.1 Å². The molecule has 1 rings (SSSR count). The summed E-state index contributed by atoms with van der Waals surface area (Å²) in [7, 11) is 0. The van der Waals surface area contributed by atoms with E-state index in [2.05, 4.69) is 21.2 Å². The quantitative estimate of drug-likeness (QED) is 0.628. The Morgan fingerprint density at radius 2 is 2.17 bits per heavy atom. The molecule has 0 bridgehead atoms. The van der Waals surface area contributed by atoms with Gasteiger partial charge in [0.2, 0.25) is 0 Å². The number of rotatable bonds is 6. The normalized spacial score (nSPS) is 14.2. The van der Waals surface area contributed by atoms with Gasteiger partial charge in [-0.15, -0.1) is 0 Å². The Hall–Kier alpha value is -0.950. The van der Waals surface area contributed by atoms with Crippen LogP contribution >= 0.6 is 15.9 Å². The topological polar surface area (TPSA) is 89.8 Å². The van der Waals surface area contributed by atoms with Gasteiger partial charge in [0.15, 0.2) is 0 Å². The average Bonchev–Trinajstić information content (AvgIpc) is 2.31. The van der Waals surface area contributed by atoms with Crippen molar-refractivity contribution in [1.82, 2.24) is 5.32 Å². The second-order valence-corrected chi connectivity index (χ2v) is 5.22. The fourth-order valence-electron chi connectivity index (χ4n) is 1.35. The van der Waals surface area contributed by atoms with Crippen LogP contribution in [0.25, 0.3) is 0 Å². The molecule has 1 atom stereocenters. The standard InChI is InChI=1S/C12H16BrNO4/c1-12(18,7-15)6-14-5-9-3-2-8(11(16)17)4-10(9)13/h2-4,14-15,18H,5-7H2,1H3,(H,16,17). The Morgan fingerprint density at radius 3 is 2.67 bits per heavy atom. The first kappa shape index (κ1) is 15.1. The third-order valence-corrected chi connectivity index (χ3v) is 3.20. The summed E-state index contributed by atoms with van der Waals surface area (Å²) in [6, 6.07) is 4.76. The summed E-state index contributed by atoms with van der Waals surface area (Å²) in [6.45, 7) is 1.93. The molecule has 0 aliphatic rings. The molecule has 5 nitrogen and oxygen atoms in total. The minimum Gasteiger partial charge on any atom is -0.478 e. The minimum atomic E-state index is -1.16.